The van der Waals surface area contributed by atoms with Crippen LogP contribution in [0.5, 0.6) is 5.75 Å². The van der Waals surface area contributed by atoms with Gasteiger partial charge in [-0.15, -0.1) is 11.3 Å². The average molecular weight is 340 g/mol. The zero-order valence-electron chi connectivity index (χ0n) is 12.9. The highest BCUT2D eigenvalue weighted by Crippen LogP contribution is 2.36. The fraction of sp³-hybridized carbons (Fsp3) is 0.235. The second-order valence-electron chi connectivity index (χ2n) is 5.61. The van der Waals surface area contributed by atoms with Gasteiger partial charge in [-0.1, -0.05) is 18.2 Å². The lowest BCUT2D eigenvalue weighted by atomic mass is 10.1. The van der Waals surface area contributed by atoms with Crippen LogP contribution in [0.15, 0.2) is 36.7 Å². The maximum absolute atomic E-state index is 12.4. The molecular weight excluding hydrogens is 324 g/mol. The van der Waals surface area contributed by atoms with Gasteiger partial charge in [-0.05, 0) is 24.1 Å². The molecule has 122 valence electrons. The average Bonchev–Trinajstić information content (AvgIpc) is 2.99. The minimum absolute atomic E-state index is 0.0129. The molecule has 0 fully saturated rings. The van der Waals surface area contributed by atoms with Crippen molar-refractivity contribution >= 4 is 33.3 Å². The Morgan fingerprint density at radius 2 is 2.12 bits per heavy atom. The van der Waals surface area contributed by atoms with E-state index in [1.165, 1.54) is 11.9 Å². The minimum Gasteiger partial charge on any atom is -0.484 e. The molecule has 0 saturated heterocycles. The Labute approximate surface area is 142 Å². The third-order valence-electron chi connectivity index (χ3n) is 4.12. The van der Waals surface area contributed by atoms with Crippen molar-refractivity contribution in [2.45, 2.75) is 13.0 Å². The van der Waals surface area contributed by atoms with Gasteiger partial charge < -0.3 is 15.4 Å². The molecular formula is C17H16N4O2S. The van der Waals surface area contributed by atoms with Gasteiger partial charge in [0.1, 0.15) is 22.7 Å². The summed E-state index contributed by atoms with van der Waals surface area (Å²) in [6, 6.07) is 9.37. The van der Waals surface area contributed by atoms with E-state index in [1.54, 1.807) is 11.3 Å². The number of benzene rings is 1. The number of hydrogen-bond acceptors (Lipinski definition) is 6. The maximum atomic E-state index is 12.4. The van der Waals surface area contributed by atoms with E-state index in [1.807, 2.05) is 35.2 Å². The maximum Gasteiger partial charge on any atom is 0.260 e. The summed E-state index contributed by atoms with van der Waals surface area (Å²) < 4.78 is 5.56. The summed E-state index contributed by atoms with van der Waals surface area (Å²) in [5.74, 6) is 1.21. The van der Waals surface area contributed by atoms with Gasteiger partial charge in [0.15, 0.2) is 6.61 Å². The Bertz CT molecular complexity index is 894. The second kappa shape index (κ2) is 6.09. The van der Waals surface area contributed by atoms with Crippen LogP contribution in [-0.2, 0) is 17.8 Å². The Balaban J connectivity index is 1.49. The zero-order valence-corrected chi connectivity index (χ0v) is 13.8. The summed E-state index contributed by atoms with van der Waals surface area (Å²) in [5, 5.41) is 0.949. The van der Waals surface area contributed by atoms with E-state index in [9.17, 15) is 4.79 Å². The predicted octanol–water partition coefficient (Wildman–Crippen LogP) is 2.24. The molecule has 1 aliphatic heterocycles. The van der Waals surface area contributed by atoms with Crippen LogP contribution in [0.2, 0.25) is 0 Å². The quantitative estimate of drug-likeness (QED) is 0.791. The fourth-order valence-corrected chi connectivity index (χ4v) is 4.13. The molecule has 2 N–H and O–H groups in total. The normalized spacial score (nSPS) is 13.8. The number of nitrogens with zero attached hydrogens (tertiary/aromatic N) is 3. The number of anilines is 1. The number of carbonyl (C=O) groups excluding carboxylic acids is 1. The number of nitrogens with two attached hydrogens (primary N) is 1. The van der Waals surface area contributed by atoms with Crippen molar-refractivity contribution < 1.29 is 9.53 Å². The van der Waals surface area contributed by atoms with E-state index >= 15 is 0 Å². The van der Waals surface area contributed by atoms with Gasteiger partial charge in [0.25, 0.3) is 5.91 Å². The summed E-state index contributed by atoms with van der Waals surface area (Å²) in [4.78, 5) is 24.6. The molecule has 3 heterocycles. The van der Waals surface area contributed by atoms with Crippen LogP contribution < -0.4 is 10.5 Å². The molecule has 0 radical (unpaired) electrons. The van der Waals surface area contributed by atoms with Gasteiger partial charge in [0.05, 0.1) is 11.9 Å². The molecule has 0 aliphatic carbocycles. The third kappa shape index (κ3) is 2.67. The largest absolute Gasteiger partial charge is 0.484 e. The number of aromatic nitrogens is 2. The number of rotatable bonds is 3. The highest BCUT2D eigenvalue weighted by atomic mass is 32.1. The molecule has 1 aliphatic rings. The van der Waals surface area contributed by atoms with Gasteiger partial charge >= 0.3 is 0 Å². The van der Waals surface area contributed by atoms with Gasteiger partial charge in [0, 0.05) is 11.4 Å². The van der Waals surface area contributed by atoms with Crippen molar-refractivity contribution in [2.24, 2.45) is 0 Å². The molecule has 1 aromatic carbocycles. The summed E-state index contributed by atoms with van der Waals surface area (Å²) in [5.41, 5.74) is 7.17. The highest BCUT2D eigenvalue weighted by molar-refractivity contribution is 7.19. The van der Waals surface area contributed by atoms with Gasteiger partial charge in [0.2, 0.25) is 0 Å². The molecule has 0 spiro atoms. The molecule has 2 aromatic heterocycles. The van der Waals surface area contributed by atoms with E-state index < -0.39 is 0 Å². The van der Waals surface area contributed by atoms with Crippen molar-refractivity contribution in [3.8, 4) is 5.75 Å². The molecule has 0 bridgehead atoms. The number of amides is 1. The summed E-state index contributed by atoms with van der Waals surface area (Å²) in [6.07, 6.45) is 2.25. The van der Waals surface area contributed by atoms with Crippen LogP contribution >= 0.6 is 11.3 Å². The van der Waals surface area contributed by atoms with Crippen molar-refractivity contribution in [2.75, 3.05) is 18.9 Å². The molecule has 1 amide bonds. The smallest absolute Gasteiger partial charge is 0.260 e. The Morgan fingerprint density at radius 3 is 2.96 bits per heavy atom. The number of ether oxygens (including phenoxy) is 1. The van der Waals surface area contributed by atoms with E-state index in [0.717, 1.165) is 21.5 Å². The lowest BCUT2D eigenvalue weighted by Gasteiger charge is -2.27. The van der Waals surface area contributed by atoms with Crippen LogP contribution in [0.1, 0.15) is 10.4 Å². The van der Waals surface area contributed by atoms with Gasteiger partial charge in [-0.2, -0.15) is 0 Å². The molecule has 3 aromatic rings. The lowest BCUT2D eigenvalue weighted by molar-refractivity contribution is -0.134. The fourth-order valence-electron chi connectivity index (χ4n) is 2.92. The van der Waals surface area contributed by atoms with E-state index in [-0.39, 0.29) is 12.5 Å². The number of nitrogen functional groups attached to an aromatic ring is 1. The Kier molecular flexibility index (Phi) is 3.78. The van der Waals surface area contributed by atoms with Crippen molar-refractivity contribution in [3.63, 3.8) is 0 Å². The first kappa shape index (κ1) is 14.9. The molecule has 24 heavy (non-hydrogen) atoms. The lowest BCUT2D eigenvalue weighted by Crippen LogP contribution is -2.38. The topological polar surface area (TPSA) is 81.3 Å². The second-order valence-corrected chi connectivity index (χ2v) is 6.69. The third-order valence-corrected chi connectivity index (χ3v) is 5.25. The first-order chi connectivity index (χ1) is 11.7. The van der Waals surface area contributed by atoms with Crippen LogP contribution in [0, 0.1) is 0 Å². The summed E-state index contributed by atoms with van der Waals surface area (Å²) in [6.45, 7) is 1.28. The van der Waals surface area contributed by atoms with Gasteiger partial charge in [-0.3, -0.25) is 4.79 Å². The first-order valence-corrected chi connectivity index (χ1v) is 8.50. The van der Waals surface area contributed by atoms with E-state index in [0.29, 0.717) is 24.7 Å². The molecule has 4 rings (SSSR count). The number of thiophene rings is 1. The minimum atomic E-state index is -0.0129. The van der Waals surface area contributed by atoms with Gasteiger partial charge in [-0.25, -0.2) is 9.97 Å². The van der Waals surface area contributed by atoms with Crippen molar-refractivity contribution in [1.82, 2.24) is 14.9 Å². The van der Waals surface area contributed by atoms with Crippen LogP contribution in [0.3, 0.4) is 0 Å². The number of carbonyl (C=O) groups is 1. The standard InChI is InChI=1S/C17H16N4O2S/c18-16-15-12-6-7-21(8-13(12)24-17(15)20-10-19-16)14(22)9-23-11-4-2-1-3-5-11/h1-5,10H,6-9H2,(H2,18,19,20). The first-order valence-electron chi connectivity index (χ1n) is 7.68. The summed E-state index contributed by atoms with van der Waals surface area (Å²) >= 11 is 1.58. The molecule has 6 nitrogen and oxygen atoms in total. The van der Waals surface area contributed by atoms with E-state index in [2.05, 4.69) is 9.97 Å². The highest BCUT2D eigenvalue weighted by Gasteiger charge is 2.26. The summed E-state index contributed by atoms with van der Waals surface area (Å²) in [7, 11) is 0. The monoisotopic (exact) mass is 340 g/mol. The van der Waals surface area contributed by atoms with Crippen LogP contribution in [-0.4, -0.2) is 33.9 Å². The number of hydrogen-bond donors (Lipinski definition) is 1. The van der Waals surface area contributed by atoms with E-state index in [4.69, 9.17) is 10.5 Å². The van der Waals surface area contributed by atoms with Crippen LogP contribution in [0.25, 0.3) is 10.2 Å². The SMILES string of the molecule is Nc1ncnc2sc3c(c12)CCN(C(=O)COc1ccccc1)C3. The van der Waals surface area contributed by atoms with Crippen molar-refractivity contribution in [3.05, 3.63) is 47.1 Å². The Hall–Kier alpha value is -2.67. The zero-order chi connectivity index (χ0) is 16.5. The number of para-hydroxylation sites is 1. The molecule has 0 unspecified atom stereocenters. The molecule has 0 saturated carbocycles. The molecule has 7 heteroatoms. The molecule has 0 atom stereocenters. The predicted molar refractivity (Wildman–Crippen MR) is 92.9 cm³/mol. The Morgan fingerprint density at radius 1 is 1.29 bits per heavy atom. The van der Waals surface area contributed by atoms with Crippen LogP contribution in [0.4, 0.5) is 5.82 Å². The van der Waals surface area contributed by atoms with Crippen molar-refractivity contribution in [1.29, 1.82) is 0 Å². The number of fused-ring (bicyclic) bond motifs is 3.